The standard InChI is InChI=1S/C15H10IN3O/c16-12-3-4-13(14-11(12)2-1-7-18-14)19-15(20)10-5-8-17-9-6-10/h1-9H,(H,19,20). The second-order valence-electron chi connectivity index (χ2n) is 4.18. The van der Waals surface area contributed by atoms with Crippen LogP contribution in [0.25, 0.3) is 10.9 Å². The van der Waals surface area contributed by atoms with Crippen LogP contribution in [-0.4, -0.2) is 15.9 Å². The Morgan fingerprint density at radius 2 is 1.85 bits per heavy atom. The summed E-state index contributed by atoms with van der Waals surface area (Å²) in [7, 11) is 0. The minimum absolute atomic E-state index is 0.166. The molecule has 0 fully saturated rings. The average Bonchev–Trinajstić information content (AvgIpc) is 2.51. The Hall–Kier alpha value is -2.02. The number of benzene rings is 1. The van der Waals surface area contributed by atoms with Gasteiger partial charge in [0.15, 0.2) is 0 Å². The lowest BCUT2D eigenvalue weighted by Gasteiger charge is -2.09. The van der Waals surface area contributed by atoms with Crippen LogP contribution in [0.1, 0.15) is 10.4 Å². The van der Waals surface area contributed by atoms with Gasteiger partial charge in [0.2, 0.25) is 0 Å². The SMILES string of the molecule is O=C(Nc1ccc(I)c2cccnc12)c1ccncc1. The van der Waals surface area contributed by atoms with E-state index in [1.165, 1.54) is 0 Å². The molecule has 2 aromatic heterocycles. The Labute approximate surface area is 129 Å². The third-order valence-electron chi connectivity index (χ3n) is 2.91. The van der Waals surface area contributed by atoms with Crippen LogP contribution in [0, 0.1) is 3.57 Å². The topological polar surface area (TPSA) is 54.9 Å². The van der Waals surface area contributed by atoms with Crippen molar-refractivity contribution in [2.24, 2.45) is 0 Å². The number of nitrogens with zero attached hydrogens (tertiary/aromatic N) is 2. The van der Waals surface area contributed by atoms with Crippen LogP contribution in [0.15, 0.2) is 55.0 Å². The molecule has 20 heavy (non-hydrogen) atoms. The Morgan fingerprint density at radius 1 is 1.05 bits per heavy atom. The molecule has 0 saturated carbocycles. The highest BCUT2D eigenvalue weighted by atomic mass is 127. The summed E-state index contributed by atoms with van der Waals surface area (Å²) < 4.78 is 1.10. The minimum atomic E-state index is -0.166. The summed E-state index contributed by atoms with van der Waals surface area (Å²) in [5, 5.41) is 3.92. The first-order valence-corrected chi connectivity index (χ1v) is 7.08. The van der Waals surface area contributed by atoms with E-state index in [4.69, 9.17) is 0 Å². The fourth-order valence-corrected chi connectivity index (χ4v) is 2.55. The van der Waals surface area contributed by atoms with Crippen LogP contribution < -0.4 is 5.32 Å². The van der Waals surface area contributed by atoms with Crippen molar-refractivity contribution in [3.8, 4) is 0 Å². The number of fused-ring (bicyclic) bond motifs is 1. The van der Waals surface area contributed by atoms with Gasteiger partial charge in [-0.3, -0.25) is 14.8 Å². The maximum Gasteiger partial charge on any atom is 0.255 e. The summed E-state index contributed by atoms with van der Waals surface area (Å²) in [6.07, 6.45) is 4.92. The number of pyridine rings is 2. The van der Waals surface area contributed by atoms with Crippen molar-refractivity contribution in [1.82, 2.24) is 9.97 Å². The van der Waals surface area contributed by atoms with Gasteiger partial charge in [0.25, 0.3) is 5.91 Å². The lowest BCUT2D eigenvalue weighted by Crippen LogP contribution is -2.12. The van der Waals surface area contributed by atoms with Gasteiger partial charge in [0.05, 0.1) is 11.2 Å². The summed E-state index contributed by atoms with van der Waals surface area (Å²) in [6.45, 7) is 0. The molecule has 3 rings (SSSR count). The second kappa shape index (κ2) is 5.54. The zero-order valence-electron chi connectivity index (χ0n) is 10.4. The maximum absolute atomic E-state index is 12.2. The van der Waals surface area contributed by atoms with Gasteiger partial charge in [0.1, 0.15) is 0 Å². The molecule has 0 bridgehead atoms. The van der Waals surface area contributed by atoms with E-state index < -0.39 is 0 Å². The number of carbonyl (C=O) groups is 1. The number of carbonyl (C=O) groups excluding carboxylic acids is 1. The van der Waals surface area contributed by atoms with Gasteiger partial charge in [-0.1, -0.05) is 6.07 Å². The normalized spacial score (nSPS) is 10.4. The van der Waals surface area contributed by atoms with Crippen molar-refractivity contribution < 1.29 is 4.79 Å². The molecule has 0 atom stereocenters. The number of aromatic nitrogens is 2. The average molecular weight is 375 g/mol. The van der Waals surface area contributed by atoms with E-state index in [0.29, 0.717) is 11.3 Å². The van der Waals surface area contributed by atoms with Crippen molar-refractivity contribution in [3.05, 3.63) is 64.1 Å². The van der Waals surface area contributed by atoms with Gasteiger partial charge in [-0.25, -0.2) is 0 Å². The molecular formula is C15H10IN3O. The van der Waals surface area contributed by atoms with Crippen LogP contribution in [0.3, 0.4) is 0 Å². The molecule has 1 N–H and O–H groups in total. The lowest BCUT2D eigenvalue weighted by atomic mass is 10.2. The maximum atomic E-state index is 12.2. The van der Waals surface area contributed by atoms with E-state index in [-0.39, 0.29) is 5.91 Å². The molecule has 0 saturated heterocycles. The number of halogens is 1. The molecule has 0 aliphatic rings. The Morgan fingerprint density at radius 3 is 2.65 bits per heavy atom. The van der Waals surface area contributed by atoms with Gasteiger partial charge in [-0.15, -0.1) is 0 Å². The molecule has 1 aromatic carbocycles. The highest BCUT2D eigenvalue weighted by molar-refractivity contribution is 14.1. The van der Waals surface area contributed by atoms with E-state index in [1.54, 1.807) is 30.7 Å². The van der Waals surface area contributed by atoms with E-state index in [9.17, 15) is 4.79 Å². The largest absolute Gasteiger partial charge is 0.320 e. The smallest absolute Gasteiger partial charge is 0.255 e. The molecule has 0 unspecified atom stereocenters. The summed E-state index contributed by atoms with van der Waals surface area (Å²) in [6, 6.07) is 11.1. The molecule has 2 heterocycles. The summed E-state index contributed by atoms with van der Waals surface area (Å²) in [4.78, 5) is 20.4. The first-order chi connectivity index (χ1) is 9.75. The molecule has 4 nitrogen and oxygen atoms in total. The Bertz CT molecular complexity index is 774. The summed E-state index contributed by atoms with van der Waals surface area (Å²) in [5.74, 6) is -0.166. The Balaban J connectivity index is 2.00. The lowest BCUT2D eigenvalue weighted by molar-refractivity contribution is 0.102. The first kappa shape index (κ1) is 13.0. The van der Waals surface area contributed by atoms with E-state index in [2.05, 4.69) is 37.9 Å². The van der Waals surface area contributed by atoms with Crippen LogP contribution in [0.4, 0.5) is 5.69 Å². The Kier molecular flexibility index (Phi) is 3.60. The molecule has 0 aliphatic heterocycles. The van der Waals surface area contributed by atoms with Crippen LogP contribution in [0.5, 0.6) is 0 Å². The van der Waals surface area contributed by atoms with Crippen LogP contribution in [0.2, 0.25) is 0 Å². The second-order valence-corrected chi connectivity index (χ2v) is 5.35. The van der Waals surface area contributed by atoms with E-state index >= 15 is 0 Å². The number of hydrogen-bond donors (Lipinski definition) is 1. The molecule has 98 valence electrons. The number of amides is 1. The number of nitrogens with one attached hydrogen (secondary N) is 1. The van der Waals surface area contributed by atoms with Crippen LogP contribution >= 0.6 is 22.6 Å². The zero-order valence-corrected chi connectivity index (χ0v) is 12.5. The fraction of sp³-hybridized carbons (Fsp3) is 0. The molecule has 0 spiro atoms. The van der Waals surface area contributed by atoms with Gasteiger partial charge >= 0.3 is 0 Å². The fourth-order valence-electron chi connectivity index (χ4n) is 1.94. The van der Waals surface area contributed by atoms with Crippen molar-refractivity contribution in [3.63, 3.8) is 0 Å². The highest BCUT2D eigenvalue weighted by Gasteiger charge is 2.10. The number of hydrogen-bond acceptors (Lipinski definition) is 3. The number of anilines is 1. The summed E-state index contributed by atoms with van der Waals surface area (Å²) >= 11 is 2.26. The molecule has 5 heteroatoms. The van der Waals surface area contributed by atoms with Crippen molar-refractivity contribution in [1.29, 1.82) is 0 Å². The van der Waals surface area contributed by atoms with E-state index in [1.807, 2.05) is 24.3 Å². The molecule has 1 amide bonds. The monoisotopic (exact) mass is 375 g/mol. The van der Waals surface area contributed by atoms with Crippen molar-refractivity contribution in [2.45, 2.75) is 0 Å². The molecule has 3 aromatic rings. The number of rotatable bonds is 2. The molecular weight excluding hydrogens is 365 g/mol. The minimum Gasteiger partial charge on any atom is -0.320 e. The van der Waals surface area contributed by atoms with Crippen molar-refractivity contribution in [2.75, 3.05) is 5.32 Å². The predicted molar refractivity (Wildman–Crippen MR) is 86.7 cm³/mol. The first-order valence-electron chi connectivity index (χ1n) is 6.00. The summed E-state index contributed by atoms with van der Waals surface area (Å²) in [5.41, 5.74) is 2.08. The predicted octanol–water partition coefficient (Wildman–Crippen LogP) is 3.49. The third-order valence-corrected chi connectivity index (χ3v) is 3.85. The molecule has 0 radical (unpaired) electrons. The highest BCUT2D eigenvalue weighted by Crippen LogP contribution is 2.26. The van der Waals surface area contributed by atoms with Gasteiger partial charge in [-0.05, 0) is 52.9 Å². The van der Waals surface area contributed by atoms with Gasteiger partial charge in [0, 0.05) is 33.1 Å². The van der Waals surface area contributed by atoms with Gasteiger partial charge < -0.3 is 5.32 Å². The van der Waals surface area contributed by atoms with Crippen LogP contribution in [-0.2, 0) is 0 Å². The quantitative estimate of drug-likeness (QED) is 0.698. The van der Waals surface area contributed by atoms with Crippen molar-refractivity contribution >= 4 is 45.1 Å². The van der Waals surface area contributed by atoms with E-state index in [0.717, 1.165) is 14.5 Å². The molecule has 0 aliphatic carbocycles. The van der Waals surface area contributed by atoms with Gasteiger partial charge in [-0.2, -0.15) is 0 Å². The zero-order chi connectivity index (χ0) is 13.9. The third kappa shape index (κ3) is 2.49.